The van der Waals surface area contributed by atoms with E-state index in [-0.39, 0.29) is 17.1 Å². The van der Waals surface area contributed by atoms with Crippen LogP contribution in [0.4, 0.5) is 0 Å². The van der Waals surface area contributed by atoms with E-state index in [1.807, 2.05) is 0 Å². The Morgan fingerprint density at radius 2 is 2.21 bits per heavy atom. The third-order valence-corrected chi connectivity index (χ3v) is 2.80. The molecule has 0 radical (unpaired) electrons. The van der Waals surface area contributed by atoms with Gasteiger partial charge in [-0.25, -0.2) is 4.21 Å². The van der Waals surface area contributed by atoms with Crippen LogP contribution in [0.3, 0.4) is 0 Å². The number of benzene rings is 1. The number of rotatable bonds is 3. The second-order valence-corrected chi connectivity index (χ2v) is 4.19. The Morgan fingerprint density at radius 3 is 2.71 bits per heavy atom. The highest BCUT2D eigenvalue weighted by Gasteiger charge is 2.12. The van der Waals surface area contributed by atoms with Crippen molar-refractivity contribution in [2.45, 2.75) is 18.2 Å². The Labute approximate surface area is 89.4 Å². The molecule has 5 heteroatoms. The van der Waals surface area contributed by atoms with Gasteiger partial charge in [0, 0.05) is 11.4 Å². The predicted molar refractivity (Wildman–Crippen MR) is 54.9 cm³/mol. The van der Waals surface area contributed by atoms with Crippen molar-refractivity contribution in [3.8, 4) is 0 Å². The molecule has 1 aromatic carbocycles. The zero-order chi connectivity index (χ0) is 10.7. The number of halogens is 1. The van der Waals surface area contributed by atoms with Gasteiger partial charge in [-0.05, 0) is 24.6 Å². The van der Waals surface area contributed by atoms with Crippen molar-refractivity contribution in [1.29, 1.82) is 0 Å². The Bertz CT molecular complexity index is 390. The van der Waals surface area contributed by atoms with Gasteiger partial charge in [0.25, 0.3) is 0 Å². The Morgan fingerprint density at radius 1 is 1.57 bits per heavy atom. The van der Waals surface area contributed by atoms with Crippen LogP contribution in [0.1, 0.15) is 12.5 Å². The molecule has 14 heavy (non-hydrogen) atoms. The summed E-state index contributed by atoms with van der Waals surface area (Å²) >= 11 is 3.72. The maximum Gasteiger partial charge on any atom is 0.186 e. The molecule has 0 aliphatic heterocycles. The molecular formula is C9H9ClO3S. The number of carbonyl (C=O) groups excluding carboxylic acids is 1. The zero-order valence-electron chi connectivity index (χ0n) is 7.49. The summed E-state index contributed by atoms with van der Waals surface area (Å²) in [5, 5.41) is 0.347. The molecular weight excluding hydrogens is 224 g/mol. The quantitative estimate of drug-likeness (QED) is 0.812. The average molecular weight is 233 g/mol. The largest absolute Gasteiger partial charge is 0.302 e. The highest BCUT2D eigenvalue weighted by atomic mass is 35.5. The number of Topliss-reactive ketones (excluding diaryl/α,β-unsaturated/α-hetero) is 1. The summed E-state index contributed by atoms with van der Waals surface area (Å²) < 4.78 is 19.8. The monoisotopic (exact) mass is 232 g/mol. The van der Waals surface area contributed by atoms with Crippen LogP contribution in [0.5, 0.6) is 0 Å². The van der Waals surface area contributed by atoms with Gasteiger partial charge >= 0.3 is 0 Å². The summed E-state index contributed by atoms with van der Waals surface area (Å²) in [6, 6.07) is 4.66. The van der Waals surface area contributed by atoms with Gasteiger partial charge in [-0.1, -0.05) is 17.7 Å². The van der Waals surface area contributed by atoms with E-state index in [1.54, 1.807) is 12.1 Å². The molecule has 76 valence electrons. The summed E-state index contributed by atoms with van der Waals surface area (Å²) in [5.74, 6) is -0.0928. The van der Waals surface area contributed by atoms with E-state index < -0.39 is 11.1 Å². The summed E-state index contributed by atoms with van der Waals surface area (Å²) in [6.45, 7) is 1.41. The minimum atomic E-state index is -2.10. The molecule has 1 rings (SSSR count). The van der Waals surface area contributed by atoms with Crippen molar-refractivity contribution in [2.75, 3.05) is 0 Å². The van der Waals surface area contributed by atoms with E-state index in [2.05, 4.69) is 0 Å². The molecule has 0 heterocycles. The maximum absolute atomic E-state index is 10.9. The smallest absolute Gasteiger partial charge is 0.186 e. The molecule has 3 nitrogen and oxygen atoms in total. The molecule has 0 saturated carbocycles. The molecule has 1 unspecified atom stereocenters. The van der Waals surface area contributed by atoms with Gasteiger partial charge in [-0.2, -0.15) is 0 Å². The normalized spacial score (nSPS) is 12.5. The third kappa shape index (κ3) is 2.64. The molecule has 0 aliphatic carbocycles. The minimum absolute atomic E-state index is 0.0846. The summed E-state index contributed by atoms with van der Waals surface area (Å²) in [4.78, 5) is 11.1. The number of carbonyl (C=O) groups is 1. The fraction of sp³-hybridized carbons (Fsp3) is 0.222. The van der Waals surface area contributed by atoms with Crippen molar-refractivity contribution in [3.63, 3.8) is 0 Å². The topological polar surface area (TPSA) is 54.4 Å². The Balaban J connectivity index is 3.22. The summed E-state index contributed by atoms with van der Waals surface area (Å²) in [5.41, 5.74) is 0.433. The van der Waals surface area contributed by atoms with Crippen molar-refractivity contribution in [1.82, 2.24) is 0 Å². The van der Waals surface area contributed by atoms with Crippen molar-refractivity contribution in [3.05, 3.63) is 28.8 Å². The highest BCUT2D eigenvalue weighted by molar-refractivity contribution is 7.79. The van der Waals surface area contributed by atoms with E-state index in [1.165, 1.54) is 13.0 Å². The number of ketones is 1. The van der Waals surface area contributed by atoms with E-state index in [0.29, 0.717) is 10.6 Å². The first-order valence-electron chi connectivity index (χ1n) is 3.90. The number of hydrogen-bond acceptors (Lipinski definition) is 2. The summed E-state index contributed by atoms with van der Waals surface area (Å²) in [7, 11) is 0. The molecule has 0 bridgehead atoms. The van der Waals surface area contributed by atoms with E-state index in [0.717, 1.165) is 0 Å². The first kappa shape index (κ1) is 11.4. The van der Waals surface area contributed by atoms with Crippen LogP contribution in [-0.4, -0.2) is 14.5 Å². The van der Waals surface area contributed by atoms with Crippen LogP contribution in [0.2, 0.25) is 5.02 Å². The van der Waals surface area contributed by atoms with Crippen LogP contribution in [0, 0.1) is 0 Å². The van der Waals surface area contributed by atoms with Crippen molar-refractivity contribution < 1.29 is 13.6 Å². The van der Waals surface area contributed by atoms with E-state index in [9.17, 15) is 9.00 Å². The lowest BCUT2D eigenvalue weighted by molar-refractivity contribution is -0.116. The second kappa shape index (κ2) is 4.68. The van der Waals surface area contributed by atoms with Crippen molar-refractivity contribution in [2.24, 2.45) is 0 Å². The first-order valence-corrected chi connectivity index (χ1v) is 5.38. The molecule has 0 saturated heterocycles. The van der Waals surface area contributed by atoms with Crippen LogP contribution >= 0.6 is 11.6 Å². The fourth-order valence-electron chi connectivity index (χ4n) is 1.12. The average Bonchev–Trinajstić information content (AvgIpc) is 2.07. The lowest BCUT2D eigenvalue weighted by Gasteiger charge is -2.06. The summed E-state index contributed by atoms with van der Waals surface area (Å²) in [6.07, 6.45) is 0.0846. The van der Waals surface area contributed by atoms with Crippen LogP contribution in [0.25, 0.3) is 0 Å². The van der Waals surface area contributed by atoms with Gasteiger partial charge in [0.1, 0.15) is 5.78 Å². The number of hydrogen-bond donors (Lipinski definition) is 1. The highest BCUT2D eigenvalue weighted by Crippen LogP contribution is 2.22. The minimum Gasteiger partial charge on any atom is -0.302 e. The standard InChI is InChI=1S/C9H9ClO3S/c1-6(11)5-7-8(10)3-2-4-9(7)14(12)13/h2-4H,5H2,1H3,(H,12,13). The van der Waals surface area contributed by atoms with Crippen molar-refractivity contribution >= 4 is 28.5 Å². The molecule has 1 aromatic rings. The van der Waals surface area contributed by atoms with E-state index in [4.69, 9.17) is 16.2 Å². The van der Waals surface area contributed by atoms with Gasteiger partial charge in [0.2, 0.25) is 0 Å². The lowest BCUT2D eigenvalue weighted by atomic mass is 10.1. The van der Waals surface area contributed by atoms with Gasteiger partial charge in [-0.15, -0.1) is 0 Å². The van der Waals surface area contributed by atoms with Crippen LogP contribution in [0.15, 0.2) is 23.1 Å². The van der Waals surface area contributed by atoms with Gasteiger partial charge in [0.05, 0.1) is 4.90 Å². The van der Waals surface area contributed by atoms with Crippen LogP contribution in [-0.2, 0) is 22.3 Å². The Kier molecular flexibility index (Phi) is 3.80. The predicted octanol–water partition coefficient (Wildman–Crippen LogP) is 2.05. The molecule has 0 aliphatic rings. The molecule has 1 atom stereocenters. The first-order chi connectivity index (χ1) is 6.52. The molecule has 0 aromatic heterocycles. The van der Waals surface area contributed by atoms with Gasteiger partial charge in [0.15, 0.2) is 11.1 Å². The molecule has 0 fully saturated rings. The Hall–Kier alpha value is -0.710. The fourth-order valence-corrected chi connectivity index (χ4v) is 2.01. The van der Waals surface area contributed by atoms with E-state index >= 15 is 0 Å². The van der Waals surface area contributed by atoms with Gasteiger partial charge < -0.3 is 4.55 Å². The third-order valence-electron chi connectivity index (χ3n) is 1.69. The van der Waals surface area contributed by atoms with Crippen LogP contribution < -0.4 is 0 Å². The molecule has 0 spiro atoms. The lowest BCUT2D eigenvalue weighted by Crippen LogP contribution is -2.03. The second-order valence-electron chi connectivity index (χ2n) is 2.84. The maximum atomic E-state index is 10.9. The van der Waals surface area contributed by atoms with Gasteiger partial charge in [-0.3, -0.25) is 4.79 Å². The zero-order valence-corrected chi connectivity index (χ0v) is 9.06. The molecule has 1 N–H and O–H groups in total. The SMILES string of the molecule is CC(=O)Cc1c(Cl)cccc1S(=O)O. The molecule has 0 amide bonds.